The molecule has 2 heterocycles. The first-order valence-corrected chi connectivity index (χ1v) is 14.5. The summed E-state index contributed by atoms with van der Waals surface area (Å²) < 4.78 is 2.99. The van der Waals surface area contributed by atoms with Gasteiger partial charge in [0.1, 0.15) is 22.9 Å². The molecule has 10 nitrogen and oxygen atoms in total. The van der Waals surface area contributed by atoms with E-state index >= 15 is 0 Å². The predicted molar refractivity (Wildman–Crippen MR) is 180 cm³/mol. The fourth-order valence-corrected chi connectivity index (χ4v) is 4.71. The van der Waals surface area contributed by atoms with Crippen molar-refractivity contribution in [1.82, 2.24) is 19.6 Å². The summed E-state index contributed by atoms with van der Waals surface area (Å²) >= 11 is 0. The van der Waals surface area contributed by atoms with Crippen molar-refractivity contribution in [1.29, 1.82) is 0 Å². The fourth-order valence-electron chi connectivity index (χ4n) is 4.71. The Hall–Kier alpha value is -5.63. The molecule has 4 N–H and O–H groups in total. The van der Waals surface area contributed by atoms with Crippen LogP contribution in [0.4, 0.5) is 11.4 Å². The molecule has 0 radical (unpaired) electrons. The summed E-state index contributed by atoms with van der Waals surface area (Å²) in [5.41, 5.74) is 6.89. The van der Waals surface area contributed by atoms with Crippen molar-refractivity contribution in [3.05, 3.63) is 131 Å². The number of hydrogen-bond acceptors (Lipinski definition) is 8. The number of para-hydroxylation sites is 6. The van der Waals surface area contributed by atoms with E-state index in [4.69, 9.17) is 0 Å². The minimum absolute atomic E-state index is 0. The molecule has 47 heavy (non-hydrogen) atoms. The van der Waals surface area contributed by atoms with Gasteiger partial charge in [0.05, 0.1) is 33.9 Å². The monoisotopic (exact) mass is 666 g/mol. The molecule has 0 saturated carbocycles. The van der Waals surface area contributed by atoms with Gasteiger partial charge < -0.3 is 20.4 Å². The van der Waals surface area contributed by atoms with E-state index in [-0.39, 0.29) is 40.6 Å². The zero-order valence-corrected chi connectivity index (χ0v) is 27.5. The van der Waals surface area contributed by atoms with Gasteiger partial charge in [-0.15, -0.1) is 0 Å². The molecule has 0 aliphatic heterocycles. The maximum Gasteiger partial charge on any atom is 0.223 e. The third kappa shape index (κ3) is 7.61. The predicted octanol–water partition coefficient (Wildman–Crippen LogP) is 7.30. The van der Waals surface area contributed by atoms with Gasteiger partial charge in [0.2, 0.25) is 11.8 Å². The average molecular weight is 667 g/mol. The average Bonchev–Trinajstić information content (AvgIpc) is 3.49. The Balaban J connectivity index is 0.000000208. The number of phenols is 2. The molecule has 0 amide bonds. The molecule has 2 aromatic heterocycles. The normalized spacial score (nSPS) is 11.0. The molecule has 0 saturated heterocycles. The van der Waals surface area contributed by atoms with Crippen LogP contribution in [0.1, 0.15) is 33.6 Å². The van der Waals surface area contributed by atoms with Crippen molar-refractivity contribution >= 4 is 23.8 Å². The second-order valence-electron chi connectivity index (χ2n) is 10.5. The van der Waals surface area contributed by atoms with Gasteiger partial charge in [0, 0.05) is 29.8 Å². The largest absolute Gasteiger partial charge is 0.506 e. The van der Waals surface area contributed by atoms with Crippen LogP contribution in [0.2, 0.25) is 0 Å². The molecule has 238 valence electrons. The summed E-state index contributed by atoms with van der Waals surface area (Å²) in [7, 11) is 0. The van der Waals surface area contributed by atoms with Crippen LogP contribution in [0.25, 0.3) is 11.4 Å². The van der Waals surface area contributed by atoms with Crippen LogP contribution in [0, 0.1) is 27.7 Å². The van der Waals surface area contributed by atoms with Gasteiger partial charge >= 0.3 is 0 Å². The first-order chi connectivity index (χ1) is 22.2. The molecule has 0 aliphatic rings. The van der Waals surface area contributed by atoms with Crippen molar-refractivity contribution < 1.29 is 37.8 Å². The number of aliphatic imine (C=N–C) groups is 2. The first-order valence-electron chi connectivity index (χ1n) is 14.5. The molecule has 0 unspecified atom stereocenters. The Bertz CT molecular complexity index is 1920. The Morgan fingerprint density at radius 3 is 1.21 bits per heavy atom. The summed E-state index contributed by atoms with van der Waals surface area (Å²) in [6.07, 6.45) is 3.03. The summed E-state index contributed by atoms with van der Waals surface area (Å²) in [5.74, 6) is 0.228. The van der Waals surface area contributed by atoms with Crippen LogP contribution in [0.15, 0.2) is 107 Å². The van der Waals surface area contributed by atoms with E-state index in [1.807, 2.05) is 62.4 Å². The van der Waals surface area contributed by atoms with Gasteiger partial charge in [-0.05, 0) is 75.2 Å². The Morgan fingerprint density at radius 1 is 0.511 bits per heavy atom. The van der Waals surface area contributed by atoms with Crippen LogP contribution >= 0.6 is 0 Å². The van der Waals surface area contributed by atoms with E-state index in [0.717, 1.165) is 22.5 Å². The molecule has 0 atom stereocenters. The first kappa shape index (κ1) is 34.2. The SMILES string of the molecule is Cc1ccccc1-n1nc(C)c(C=Nc2ccccc2O)c1O.Cc1ccccc1-n1nc(C)c(C=Nc2ccccc2O)c1O.[Cr]. The van der Waals surface area contributed by atoms with E-state index in [1.165, 1.54) is 21.8 Å². The number of aromatic nitrogens is 4. The van der Waals surface area contributed by atoms with Crippen molar-refractivity contribution in [2.45, 2.75) is 27.7 Å². The van der Waals surface area contributed by atoms with Crippen molar-refractivity contribution in [3.8, 4) is 34.6 Å². The number of rotatable bonds is 6. The summed E-state index contributed by atoms with van der Waals surface area (Å²) in [4.78, 5) is 8.48. The van der Waals surface area contributed by atoms with Crippen LogP contribution in [0.5, 0.6) is 23.3 Å². The summed E-state index contributed by atoms with van der Waals surface area (Å²) in [6.45, 7) is 7.53. The molecular formula is C36H34CrN6O4. The van der Waals surface area contributed by atoms with Gasteiger partial charge in [-0.25, -0.2) is 9.36 Å². The molecule has 11 heteroatoms. The number of aryl methyl sites for hydroxylation is 4. The third-order valence-corrected chi connectivity index (χ3v) is 7.28. The van der Waals surface area contributed by atoms with E-state index < -0.39 is 0 Å². The number of aromatic hydroxyl groups is 4. The molecule has 0 bridgehead atoms. The molecule has 4 aromatic carbocycles. The minimum atomic E-state index is 0. The molecule has 6 aromatic rings. The van der Waals surface area contributed by atoms with Gasteiger partial charge in [0.15, 0.2) is 0 Å². The van der Waals surface area contributed by atoms with Crippen LogP contribution < -0.4 is 0 Å². The minimum Gasteiger partial charge on any atom is -0.506 e. The number of hydrogen-bond donors (Lipinski definition) is 4. The maximum absolute atomic E-state index is 10.5. The van der Waals surface area contributed by atoms with Gasteiger partial charge in [-0.2, -0.15) is 10.2 Å². The summed E-state index contributed by atoms with van der Waals surface area (Å²) in [5, 5.41) is 49.2. The fraction of sp³-hybridized carbons (Fsp3) is 0.111. The molecule has 0 spiro atoms. The van der Waals surface area contributed by atoms with Crippen LogP contribution in [-0.4, -0.2) is 52.4 Å². The quantitative estimate of drug-likeness (QED) is 0.138. The smallest absolute Gasteiger partial charge is 0.223 e. The maximum atomic E-state index is 10.5. The van der Waals surface area contributed by atoms with Crippen LogP contribution in [0.3, 0.4) is 0 Å². The Labute approximate surface area is 283 Å². The van der Waals surface area contributed by atoms with E-state index in [9.17, 15) is 20.4 Å². The van der Waals surface area contributed by atoms with Crippen molar-refractivity contribution in [2.24, 2.45) is 9.98 Å². The standard InChI is InChI=1S/2C18H17N3O2.Cr/c2*1-12-7-3-5-9-16(12)21-18(23)14(13(2)20-21)11-19-15-8-4-6-10-17(15)22;/h2*3-11,22-23H,1-2H3;. The third-order valence-electron chi connectivity index (χ3n) is 7.28. The van der Waals surface area contributed by atoms with E-state index in [1.54, 1.807) is 62.4 Å². The van der Waals surface area contributed by atoms with Gasteiger partial charge in [-0.3, -0.25) is 9.98 Å². The zero-order chi connectivity index (χ0) is 32.8. The van der Waals surface area contributed by atoms with Gasteiger partial charge in [-0.1, -0.05) is 60.7 Å². The second-order valence-corrected chi connectivity index (χ2v) is 10.5. The number of benzene rings is 4. The molecular weight excluding hydrogens is 632 g/mol. The summed E-state index contributed by atoms with van der Waals surface area (Å²) in [6, 6.07) is 28.9. The topological polar surface area (TPSA) is 141 Å². The number of phenolic OH excluding ortho intramolecular Hbond substituents is 2. The van der Waals surface area contributed by atoms with Gasteiger partial charge in [0.25, 0.3) is 0 Å². The Morgan fingerprint density at radius 2 is 0.851 bits per heavy atom. The van der Waals surface area contributed by atoms with Crippen LogP contribution in [-0.2, 0) is 17.4 Å². The van der Waals surface area contributed by atoms with E-state index in [0.29, 0.717) is 33.9 Å². The van der Waals surface area contributed by atoms with Crippen molar-refractivity contribution in [2.75, 3.05) is 0 Å². The molecule has 6 rings (SSSR count). The Kier molecular flexibility index (Phi) is 11.0. The molecule has 0 aliphatic carbocycles. The number of nitrogens with zero attached hydrogens (tertiary/aromatic N) is 6. The second kappa shape index (κ2) is 15.1. The zero-order valence-electron chi connectivity index (χ0n) is 26.3. The van der Waals surface area contributed by atoms with E-state index in [2.05, 4.69) is 20.2 Å². The molecule has 0 fully saturated rings. The van der Waals surface area contributed by atoms with Crippen molar-refractivity contribution in [3.63, 3.8) is 0 Å².